The molecule has 0 saturated carbocycles. The second-order valence-corrected chi connectivity index (χ2v) is 9.72. The number of piperazine rings is 1. The summed E-state index contributed by atoms with van der Waals surface area (Å²) in [6.45, 7) is 11.5. The average Bonchev–Trinajstić information content (AvgIpc) is 2.74. The molecule has 3 aliphatic rings. The van der Waals surface area contributed by atoms with Gasteiger partial charge in [-0.25, -0.2) is 0 Å². The van der Waals surface area contributed by atoms with Crippen molar-refractivity contribution in [2.45, 2.75) is 51.1 Å². The summed E-state index contributed by atoms with van der Waals surface area (Å²) < 4.78 is 6.08. The first-order valence-corrected chi connectivity index (χ1v) is 12.1. The van der Waals surface area contributed by atoms with Gasteiger partial charge in [0.1, 0.15) is 0 Å². The SMILES string of the molecule is Clc1cccc(CN2CCN3CC(COCCCN4CCCCC4)CCC3C2)c1. The number of likely N-dealkylation sites (tertiary alicyclic amines) is 1. The molecule has 1 aromatic rings. The van der Waals surface area contributed by atoms with Crippen LogP contribution in [0.1, 0.15) is 44.1 Å². The summed E-state index contributed by atoms with van der Waals surface area (Å²) in [5.41, 5.74) is 1.33. The van der Waals surface area contributed by atoms with E-state index in [4.69, 9.17) is 16.3 Å². The Morgan fingerprint density at radius 1 is 0.966 bits per heavy atom. The van der Waals surface area contributed by atoms with E-state index in [1.807, 2.05) is 6.07 Å². The lowest BCUT2D eigenvalue weighted by Crippen LogP contribution is -2.56. The van der Waals surface area contributed by atoms with Crippen molar-refractivity contribution in [2.75, 3.05) is 59.0 Å². The summed E-state index contributed by atoms with van der Waals surface area (Å²) in [7, 11) is 0. The molecule has 3 heterocycles. The Hall–Kier alpha value is -0.650. The van der Waals surface area contributed by atoms with Gasteiger partial charge in [0, 0.05) is 56.9 Å². The van der Waals surface area contributed by atoms with Crippen LogP contribution in [0.4, 0.5) is 0 Å². The van der Waals surface area contributed by atoms with Gasteiger partial charge in [0.05, 0.1) is 6.61 Å². The lowest BCUT2D eigenvalue weighted by Gasteiger charge is -2.46. The predicted octanol–water partition coefficient (Wildman–Crippen LogP) is 4.13. The van der Waals surface area contributed by atoms with E-state index in [0.717, 1.165) is 43.3 Å². The largest absolute Gasteiger partial charge is 0.381 e. The zero-order valence-corrected chi connectivity index (χ0v) is 18.7. The van der Waals surface area contributed by atoms with Crippen molar-refractivity contribution in [2.24, 2.45) is 5.92 Å². The molecule has 1 aromatic carbocycles. The van der Waals surface area contributed by atoms with Crippen LogP contribution < -0.4 is 0 Å². The molecule has 0 spiro atoms. The molecule has 2 atom stereocenters. The van der Waals surface area contributed by atoms with Crippen molar-refractivity contribution < 1.29 is 4.74 Å². The first-order chi connectivity index (χ1) is 14.3. The van der Waals surface area contributed by atoms with E-state index >= 15 is 0 Å². The molecule has 5 heteroatoms. The van der Waals surface area contributed by atoms with Crippen molar-refractivity contribution in [3.05, 3.63) is 34.9 Å². The molecule has 2 unspecified atom stereocenters. The molecule has 162 valence electrons. The molecule has 0 bridgehead atoms. The fourth-order valence-corrected chi connectivity index (χ4v) is 5.53. The zero-order valence-electron chi connectivity index (χ0n) is 17.9. The van der Waals surface area contributed by atoms with Crippen LogP contribution in [0, 0.1) is 5.92 Å². The molecule has 0 amide bonds. The monoisotopic (exact) mass is 419 g/mol. The smallest absolute Gasteiger partial charge is 0.0506 e. The average molecular weight is 420 g/mol. The van der Waals surface area contributed by atoms with Gasteiger partial charge in [0.2, 0.25) is 0 Å². The molecule has 3 saturated heterocycles. The minimum atomic E-state index is 0.721. The van der Waals surface area contributed by atoms with Gasteiger partial charge < -0.3 is 9.64 Å². The molecule has 3 aliphatic heterocycles. The summed E-state index contributed by atoms with van der Waals surface area (Å²) in [4.78, 5) is 7.94. The van der Waals surface area contributed by atoms with Crippen molar-refractivity contribution >= 4 is 11.6 Å². The fourth-order valence-electron chi connectivity index (χ4n) is 5.32. The number of ether oxygens (including phenoxy) is 1. The van der Waals surface area contributed by atoms with E-state index in [2.05, 4.69) is 32.9 Å². The number of hydrogen-bond acceptors (Lipinski definition) is 4. The Morgan fingerprint density at radius 3 is 2.72 bits per heavy atom. The number of fused-ring (bicyclic) bond motifs is 1. The van der Waals surface area contributed by atoms with Gasteiger partial charge in [-0.2, -0.15) is 0 Å². The second kappa shape index (κ2) is 11.1. The quantitative estimate of drug-likeness (QED) is 0.589. The predicted molar refractivity (Wildman–Crippen MR) is 121 cm³/mol. The number of benzene rings is 1. The summed E-state index contributed by atoms with van der Waals surface area (Å²) in [5, 5.41) is 0.845. The normalized spacial score (nSPS) is 27.1. The van der Waals surface area contributed by atoms with Crippen molar-refractivity contribution in [1.82, 2.24) is 14.7 Å². The highest BCUT2D eigenvalue weighted by Gasteiger charge is 2.32. The number of rotatable bonds is 8. The molecule has 0 radical (unpaired) electrons. The first kappa shape index (κ1) is 21.6. The van der Waals surface area contributed by atoms with E-state index < -0.39 is 0 Å². The highest BCUT2D eigenvalue weighted by atomic mass is 35.5. The van der Waals surface area contributed by atoms with Gasteiger partial charge in [-0.05, 0) is 68.8 Å². The molecule has 0 aromatic heterocycles. The Bertz CT molecular complexity index is 622. The Morgan fingerprint density at radius 2 is 1.86 bits per heavy atom. The number of piperidine rings is 2. The van der Waals surface area contributed by atoms with Gasteiger partial charge >= 0.3 is 0 Å². The van der Waals surface area contributed by atoms with E-state index in [0.29, 0.717) is 0 Å². The number of nitrogens with zero attached hydrogens (tertiary/aromatic N) is 3. The molecule has 0 aliphatic carbocycles. The van der Waals surface area contributed by atoms with Gasteiger partial charge in [-0.1, -0.05) is 30.2 Å². The molecular formula is C24H38ClN3O. The van der Waals surface area contributed by atoms with Gasteiger partial charge in [-0.15, -0.1) is 0 Å². The summed E-state index contributed by atoms with van der Waals surface area (Å²) in [6, 6.07) is 9.04. The standard InChI is InChI=1S/C24H38ClN3O/c25-23-7-4-6-21(16-23)17-27-13-14-28-18-22(8-9-24(28)19-27)20-29-15-5-12-26-10-2-1-3-11-26/h4,6-7,16,22,24H,1-3,5,8-15,17-20H2. The molecular weight excluding hydrogens is 382 g/mol. The summed E-state index contributed by atoms with van der Waals surface area (Å²) in [6.07, 6.45) is 8.02. The van der Waals surface area contributed by atoms with E-state index in [-0.39, 0.29) is 0 Å². The zero-order chi connectivity index (χ0) is 19.9. The Labute approximate surface area is 182 Å². The maximum atomic E-state index is 6.15. The van der Waals surface area contributed by atoms with Crippen LogP contribution in [0.5, 0.6) is 0 Å². The van der Waals surface area contributed by atoms with E-state index in [1.54, 1.807) is 0 Å². The van der Waals surface area contributed by atoms with Crippen molar-refractivity contribution in [3.8, 4) is 0 Å². The van der Waals surface area contributed by atoms with E-state index in [1.165, 1.54) is 83.4 Å². The minimum Gasteiger partial charge on any atom is -0.381 e. The maximum absolute atomic E-state index is 6.15. The van der Waals surface area contributed by atoms with Crippen LogP contribution in [0.2, 0.25) is 5.02 Å². The van der Waals surface area contributed by atoms with E-state index in [9.17, 15) is 0 Å². The van der Waals surface area contributed by atoms with Gasteiger partial charge in [-0.3, -0.25) is 9.80 Å². The Balaban J connectivity index is 1.11. The van der Waals surface area contributed by atoms with Crippen LogP contribution >= 0.6 is 11.6 Å². The van der Waals surface area contributed by atoms with Gasteiger partial charge in [0.15, 0.2) is 0 Å². The lowest BCUT2D eigenvalue weighted by molar-refractivity contribution is -0.00316. The summed E-state index contributed by atoms with van der Waals surface area (Å²) in [5.74, 6) is 0.723. The lowest BCUT2D eigenvalue weighted by atomic mass is 9.91. The number of hydrogen-bond donors (Lipinski definition) is 0. The molecule has 3 fully saturated rings. The Kier molecular flexibility index (Phi) is 8.26. The molecule has 0 N–H and O–H groups in total. The first-order valence-electron chi connectivity index (χ1n) is 11.8. The third-order valence-corrected chi connectivity index (χ3v) is 7.19. The molecule has 4 nitrogen and oxygen atoms in total. The van der Waals surface area contributed by atoms with Gasteiger partial charge in [0.25, 0.3) is 0 Å². The van der Waals surface area contributed by atoms with Crippen LogP contribution in [-0.4, -0.2) is 79.8 Å². The molecule has 4 rings (SSSR count). The van der Waals surface area contributed by atoms with Crippen LogP contribution in [0.25, 0.3) is 0 Å². The molecule has 29 heavy (non-hydrogen) atoms. The maximum Gasteiger partial charge on any atom is 0.0506 e. The van der Waals surface area contributed by atoms with Crippen LogP contribution in [0.15, 0.2) is 24.3 Å². The minimum absolute atomic E-state index is 0.721. The second-order valence-electron chi connectivity index (χ2n) is 9.29. The van der Waals surface area contributed by atoms with Crippen LogP contribution in [-0.2, 0) is 11.3 Å². The van der Waals surface area contributed by atoms with Crippen molar-refractivity contribution in [1.29, 1.82) is 0 Å². The fraction of sp³-hybridized carbons (Fsp3) is 0.750. The third-order valence-electron chi connectivity index (χ3n) is 6.95. The summed E-state index contributed by atoms with van der Waals surface area (Å²) >= 11 is 6.15. The topological polar surface area (TPSA) is 19.0 Å². The highest BCUT2D eigenvalue weighted by molar-refractivity contribution is 6.30. The number of halogens is 1. The van der Waals surface area contributed by atoms with Crippen LogP contribution in [0.3, 0.4) is 0 Å². The van der Waals surface area contributed by atoms with Crippen molar-refractivity contribution in [3.63, 3.8) is 0 Å². The third kappa shape index (κ3) is 6.67. The highest BCUT2D eigenvalue weighted by Crippen LogP contribution is 2.26.